The average molecular weight is 405 g/mol. The maximum atomic E-state index is 12.5. The molecule has 0 aliphatic heterocycles. The highest BCUT2D eigenvalue weighted by Crippen LogP contribution is 2.24. The summed E-state index contributed by atoms with van der Waals surface area (Å²) in [6.45, 7) is 2.47. The van der Waals surface area contributed by atoms with Crippen LogP contribution in [0.5, 0.6) is 0 Å². The molecule has 0 aliphatic rings. The van der Waals surface area contributed by atoms with E-state index < -0.39 is 10.0 Å². The summed E-state index contributed by atoms with van der Waals surface area (Å²) in [5.41, 5.74) is 0.354. The number of carbonyl (C=O) groups is 1. The van der Waals surface area contributed by atoms with Crippen LogP contribution < -0.4 is 5.32 Å². The minimum atomic E-state index is -3.55. The van der Waals surface area contributed by atoms with Gasteiger partial charge in [0.1, 0.15) is 17.0 Å². The van der Waals surface area contributed by atoms with E-state index in [2.05, 4.69) is 15.3 Å². The van der Waals surface area contributed by atoms with Crippen molar-refractivity contribution < 1.29 is 13.2 Å². The van der Waals surface area contributed by atoms with Gasteiger partial charge in [0.25, 0.3) is 5.91 Å². The summed E-state index contributed by atoms with van der Waals surface area (Å²) in [6.07, 6.45) is 3.11. The van der Waals surface area contributed by atoms with Crippen molar-refractivity contribution in [2.45, 2.75) is 24.7 Å². The molecule has 0 spiro atoms. The van der Waals surface area contributed by atoms with Gasteiger partial charge in [0.15, 0.2) is 0 Å². The zero-order chi connectivity index (χ0) is 19.4. The van der Waals surface area contributed by atoms with Crippen molar-refractivity contribution in [3.63, 3.8) is 0 Å². The molecule has 2 heterocycles. The number of thiophene rings is 1. The molecule has 3 aromatic rings. The molecule has 0 saturated carbocycles. The van der Waals surface area contributed by atoms with Gasteiger partial charge in [0.05, 0.1) is 10.3 Å². The SMILES string of the molecule is CCCCN(C)S(=O)(=O)c1ccc(C(=O)Nc2ncnc3sccc23)cc1. The molecule has 0 saturated heterocycles. The summed E-state index contributed by atoms with van der Waals surface area (Å²) in [5, 5.41) is 5.40. The van der Waals surface area contributed by atoms with Gasteiger partial charge in [0.2, 0.25) is 10.0 Å². The van der Waals surface area contributed by atoms with E-state index in [9.17, 15) is 13.2 Å². The second-order valence-electron chi connectivity index (χ2n) is 6.02. The highest BCUT2D eigenvalue weighted by Gasteiger charge is 2.20. The van der Waals surface area contributed by atoms with Gasteiger partial charge in [-0.1, -0.05) is 13.3 Å². The second-order valence-corrected chi connectivity index (χ2v) is 8.96. The summed E-state index contributed by atoms with van der Waals surface area (Å²) in [6, 6.07) is 7.75. The normalized spacial score (nSPS) is 11.8. The highest BCUT2D eigenvalue weighted by molar-refractivity contribution is 7.89. The fourth-order valence-electron chi connectivity index (χ4n) is 2.53. The van der Waals surface area contributed by atoms with Crippen LogP contribution >= 0.6 is 11.3 Å². The first-order valence-corrected chi connectivity index (χ1v) is 10.8. The van der Waals surface area contributed by atoms with E-state index in [4.69, 9.17) is 0 Å². The molecular formula is C18H20N4O3S2. The molecule has 27 heavy (non-hydrogen) atoms. The van der Waals surface area contributed by atoms with Crippen LogP contribution in [0.3, 0.4) is 0 Å². The largest absolute Gasteiger partial charge is 0.306 e. The van der Waals surface area contributed by atoms with Crippen LogP contribution in [0.4, 0.5) is 5.82 Å². The maximum absolute atomic E-state index is 12.5. The van der Waals surface area contributed by atoms with Gasteiger partial charge in [-0.15, -0.1) is 11.3 Å². The Morgan fingerprint density at radius 1 is 1.19 bits per heavy atom. The molecular weight excluding hydrogens is 384 g/mol. The predicted molar refractivity (Wildman–Crippen MR) is 107 cm³/mol. The molecule has 0 fully saturated rings. The summed E-state index contributed by atoms with van der Waals surface area (Å²) < 4.78 is 26.4. The van der Waals surface area contributed by atoms with Crippen molar-refractivity contribution in [1.29, 1.82) is 0 Å². The van der Waals surface area contributed by atoms with E-state index in [-0.39, 0.29) is 10.8 Å². The molecule has 0 atom stereocenters. The van der Waals surface area contributed by atoms with Crippen LogP contribution in [0.15, 0.2) is 46.9 Å². The van der Waals surface area contributed by atoms with E-state index in [0.29, 0.717) is 17.9 Å². The number of unbranched alkanes of at least 4 members (excludes halogenated alkanes) is 1. The summed E-state index contributed by atoms with van der Waals surface area (Å²) in [4.78, 5) is 21.7. The molecule has 1 aromatic carbocycles. The second kappa shape index (κ2) is 8.12. The minimum absolute atomic E-state index is 0.167. The highest BCUT2D eigenvalue weighted by atomic mass is 32.2. The Labute approximate surface area is 162 Å². The third-order valence-corrected chi connectivity index (χ3v) is 6.84. The van der Waals surface area contributed by atoms with Gasteiger partial charge < -0.3 is 5.32 Å². The van der Waals surface area contributed by atoms with Crippen LogP contribution in [-0.2, 0) is 10.0 Å². The van der Waals surface area contributed by atoms with E-state index in [0.717, 1.165) is 23.1 Å². The van der Waals surface area contributed by atoms with Crippen LogP contribution in [0.25, 0.3) is 10.2 Å². The van der Waals surface area contributed by atoms with Crippen LogP contribution in [-0.4, -0.2) is 42.2 Å². The number of nitrogens with zero attached hydrogens (tertiary/aromatic N) is 3. The number of fused-ring (bicyclic) bond motifs is 1. The molecule has 0 aliphatic carbocycles. The van der Waals surface area contributed by atoms with Gasteiger partial charge in [-0.25, -0.2) is 22.7 Å². The van der Waals surface area contributed by atoms with Gasteiger partial charge in [0, 0.05) is 19.2 Å². The van der Waals surface area contributed by atoms with Gasteiger partial charge in [-0.05, 0) is 42.1 Å². The first-order chi connectivity index (χ1) is 12.9. The van der Waals surface area contributed by atoms with E-state index >= 15 is 0 Å². The molecule has 1 N–H and O–H groups in total. The lowest BCUT2D eigenvalue weighted by molar-refractivity contribution is 0.102. The number of amides is 1. The van der Waals surface area contributed by atoms with Gasteiger partial charge in [-0.3, -0.25) is 4.79 Å². The van der Waals surface area contributed by atoms with Crippen molar-refractivity contribution in [3.05, 3.63) is 47.6 Å². The van der Waals surface area contributed by atoms with Crippen LogP contribution in [0.2, 0.25) is 0 Å². The molecule has 0 bridgehead atoms. The average Bonchev–Trinajstić information content (AvgIpc) is 3.16. The zero-order valence-corrected chi connectivity index (χ0v) is 16.7. The maximum Gasteiger partial charge on any atom is 0.256 e. The summed E-state index contributed by atoms with van der Waals surface area (Å²) in [7, 11) is -1.99. The Morgan fingerprint density at radius 2 is 1.93 bits per heavy atom. The number of nitrogens with one attached hydrogen (secondary N) is 1. The topological polar surface area (TPSA) is 92.3 Å². The Balaban J connectivity index is 1.77. The zero-order valence-electron chi connectivity index (χ0n) is 15.0. The molecule has 2 aromatic heterocycles. The molecule has 7 nitrogen and oxygen atoms in total. The lowest BCUT2D eigenvalue weighted by atomic mass is 10.2. The summed E-state index contributed by atoms with van der Waals surface area (Å²) in [5.74, 6) is 0.0757. The number of carbonyl (C=O) groups excluding carboxylic acids is 1. The van der Waals surface area contributed by atoms with Crippen LogP contribution in [0.1, 0.15) is 30.1 Å². The molecule has 1 amide bonds. The first-order valence-electron chi connectivity index (χ1n) is 8.49. The third kappa shape index (κ3) is 4.15. The molecule has 142 valence electrons. The number of sulfonamides is 1. The number of benzene rings is 1. The van der Waals surface area contributed by atoms with E-state index in [1.807, 2.05) is 18.4 Å². The van der Waals surface area contributed by atoms with Crippen molar-refractivity contribution >= 4 is 43.3 Å². The fourth-order valence-corrected chi connectivity index (χ4v) is 4.47. The van der Waals surface area contributed by atoms with Crippen molar-refractivity contribution in [3.8, 4) is 0 Å². The predicted octanol–water partition coefficient (Wildman–Crippen LogP) is 3.36. The Kier molecular flexibility index (Phi) is 5.83. The first kappa shape index (κ1) is 19.4. The third-order valence-electron chi connectivity index (χ3n) is 4.14. The molecule has 0 radical (unpaired) electrons. The smallest absolute Gasteiger partial charge is 0.256 e. The van der Waals surface area contributed by atoms with E-state index in [1.54, 1.807) is 7.05 Å². The van der Waals surface area contributed by atoms with E-state index in [1.165, 1.54) is 46.2 Å². The lowest BCUT2D eigenvalue weighted by Gasteiger charge is -2.17. The van der Waals surface area contributed by atoms with Crippen molar-refractivity contribution in [2.75, 3.05) is 18.9 Å². The Bertz CT molecular complexity index is 1050. The summed E-state index contributed by atoms with van der Waals surface area (Å²) >= 11 is 1.46. The Morgan fingerprint density at radius 3 is 2.63 bits per heavy atom. The number of hydrogen-bond acceptors (Lipinski definition) is 6. The monoisotopic (exact) mass is 404 g/mol. The Hall–Kier alpha value is -2.36. The number of hydrogen-bond donors (Lipinski definition) is 1. The van der Waals surface area contributed by atoms with Gasteiger partial charge >= 0.3 is 0 Å². The quantitative estimate of drug-likeness (QED) is 0.652. The minimum Gasteiger partial charge on any atom is -0.306 e. The molecule has 3 rings (SSSR count). The van der Waals surface area contributed by atoms with Crippen molar-refractivity contribution in [1.82, 2.24) is 14.3 Å². The fraction of sp³-hybridized carbons (Fsp3) is 0.278. The lowest BCUT2D eigenvalue weighted by Crippen LogP contribution is -2.28. The number of aromatic nitrogens is 2. The van der Waals surface area contributed by atoms with Gasteiger partial charge in [-0.2, -0.15) is 0 Å². The van der Waals surface area contributed by atoms with Crippen LogP contribution in [0, 0.1) is 0 Å². The number of anilines is 1. The standard InChI is InChI=1S/C18H20N4O3S2/c1-3-4-10-22(2)27(24,25)14-7-5-13(6-8-14)17(23)21-16-15-9-11-26-18(15)20-12-19-16/h5-9,11-12H,3-4,10H2,1-2H3,(H,19,20,21,23). The molecule has 9 heteroatoms. The van der Waals surface area contributed by atoms with Crippen molar-refractivity contribution in [2.24, 2.45) is 0 Å². The number of rotatable bonds is 7. The molecule has 0 unspecified atom stereocenters.